The number of amides is 1. The Labute approximate surface area is 119 Å². The number of fused-ring (bicyclic) bond motifs is 1. The first-order chi connectivity index (χ1) is 9.75. The van der Waals surface area contributed by atoms with Crippen molar-refractivity contribution < 1.29 is 4.79 Å². The van der Waals surface area contributed by atoms with Crippen LogP contribution in [0.25, 0.3) is 5.65 Å². The Morgan fingerprint density at radius 2 is 2.00 bits per heavy atom. The summed E-state index contributed by atoms with van der Waals surface area (Å²) in [6.45, 7) is 1.90. The molecule has 0 unspecified atom stereocenters. The summed E-state index contributed by atoms with van der Waals surface area (Å²) in [5, 5.41) is 3.19. The Balaban J connectivity index is 1.83. The number of hydrogen-bond acceptors (Lipinski definition) is 2. The SMILES string of the molecule is Cc1nc2ccccn2c1C(=O)NC1CCCCCC1. The number of carbonyl (C=O) groups is 1. The molecule has 0 bridgehead atoms. The number of nitrogens with one attached hydrogen (secondary N) is 1. The molecule has 0 atom stereocenters. The van der Waals surface area contributed by atoms with E-state index in [2.05, 4.69) is 10.3 Å². The number of hydrogen-bond donors (Lipinski definition) is 1. The van der Waals surface area contributed by atoms with Crippen LogP contribution < -0.4 is 5.32 Å². The molecular formula is C16H21N3O. The predicted octanol–water partition coefficient (Wildman–Crippen LogP) is 3.10. The number of rotatable bonds is 2. The lowest BCUT2D eigenvalue weighted by Crippen LogP contribution is -2.35. The average Bonchev–Trinajstić information content (AvgIpc) is 2.60. The van der Waals surface area contributed by atoms with Gasteiger partial charge in [0.05, 0.1) is 5.69 Å². The molecule has 0 saturated heterocycles. The lowest BCUT2D eigenvalue weighted by Gasteiger charge is -2.16. The molecule has 2 aromatic rings. The number of nitrogens with zero attached hydrogens (tertiary/aromatic N) is 2. The Bertz CT molecular complexity index is 609. The van der Waals surface area contributed by atoms with Crippen molar-refractivity contribution in [1.82, 2.24) is 14.7 Å². The van der Waals surface area contributed by atoms with Crippen molar-refractivity contribution in [3.63, 3.8) is 0 Å². The first kappa shape index (κ1) is 13.2. The third-order valence-electron chi connectivity index (χ3n) is 4.11. The van der Waals surface area contributed by atoms with Crippen molar-refractivity contribution in [2.45, 2.75) is 51.5 Å². The Morgan fingerprint density at radius 3 is 2.75 bits per heavy atom. The van der Waals surface area contributed by atoms with Gasteiger partial charge in [-0.25, -0.2) is 4.98 Å². The number of pyridine rings is 1. The topological polar surface area (TPSA) is 46.4 Å². The van der Waals surface area contributed by atoms with Gasteiger partial charge in [-0.05, 0) is 31.9 Å². The molecule has 1 N–H and O–H groups in total. The highest BCUT2D eigenvalue weighted by Crippen LogP contribution is 2.18. The smallest absolute Gasteiger partial charge is 0.270 e. The standard InChI is InChI=1S/C16H21N3O/c1-12-15(19-11-7-6-10-14(19)17-12)16(20)18-13-8-4-2-3-5-9-13/h6-7,10-11,13H,2-5,8-9H2,1H3,(H,18,20). The second-order valence-electron chi connectivity index (χ2n) is 5.64. The Hall–Kier alpha value is -1.84. The van der Waals surface area contributed by atoms with Crippen LogP contribution >= 0.6 is 0 Å². The molecule has 4 heteroatoms. The van der Waals surface area contributed by atoms with E-state index in [4.69, 9.17) is 0 Å². The van der Waals surface area contributed by atoms with E-state index < -0.39 is 0 Å². The molecule has 1 fully saturated rings. The van der Waals surface area contributed by atoms with Crippen LogP contribution in [0.4, 0.5) is 0 Å². The molecule has 0 radical (unpaired) electrons. The van der Waals surface area contributed by atoms with Crippen LogP contribution in [0.1, 0.15) is 54.7 Å². The number of aromatic nitrogens is 2. The van der Waals surface area contributed by atoms with Crippen molar-refractivity contribution in [1.29, 1.82) is 0 Å². The summed E-state index contributed by atoms with van der Waals surface area (Å²) in [4.78, 5) is 17.0. The molecule has 0 spiro atoms. The van der Waals surface area contributed by atoms with Crippen LogP contribution in [0, 0.1) is 6.92 Å². The largest absolute Gasteiger partial charge is 0.348 e. The summed E-state index contributed by atoms with van der Waals surface area (Å²) in [7, 11) is 0. The van der Waals surface area contributed by atoms with Gasteiger partial charge in [-0.3, -0.25) is 9.20 Å². The second kappa shape index (κ2) is 5.65. The van der Waals surface area contributed by atoms with Gasteiger partial charge in [-0.2, -0.15) is 0 Å². The molecular weight excluding hydrogens is 250 g/mol. The molecule has 2 aromatic heterocycles. The third kappa shape index (κ3) is 2.55. The maximum atomic E-state index is 12.5. The summed E-state index contributed by atoms with van der Waals surface area (Å²) in [5.41, 5.74) is 2.29. The molecule has 20 heavy (non-hydrogen) atoms. The molecule has 2 heterocycles. The fraction of sp³-hybridized carbons (Fsp3) is 0.500. The van der Waals surface area contributed by atoms with Crippen molar-refractivity contribution in [2.24, 2.45) is 0 Å². The number of imidazole rings is 1. The van der Waals surface area contributed by atoms with Crippen molar-refractivity contribution >= 4 is 11.6 Å². The summed E-state index contributed by atoms with van der Waals surface area (Å²) in [6.07, 6.45) is 9.12. The lowest BCUT2D eigenvalue weighted by molar-refractivity contribution is 0.0926. The Kier molecular flexibility index (Phi) is 3.72. The van der Waals surface area contributed by atoms with Crippen LogP contribution in [-0.2, 0) is 0 Å². The quantitative estimate of drug-likeness (QED) is 0.853. The van der Waals surface area contributed by atoms with Gasteiger partial charge in [0.1, 0.15) is 11.3 Å². The molecule has 0 aromatic carbocycles. The maximum absolute atomic E-state index is 12.5. The molecule has 106 valence electrons. The molecule has 0 aliphatic heterocycles. The van der Waals surface area contributed by atoms with Gasteiger partial charge < -0.3 is 5.32 Å². The van der Waals surface area contributed by atoms with Crippen LogP contribution in [0.3, 0.4) is 0 Å². The van der Waals surface area contributed by atoms with E-state index in [1.807, 2.05) is 35.7 Å². The third-order valence-corrected chi connectivity index (χ3v) is 4.11. The van der Waals surface area contributed by atoms with E-state index >= 15 is 0 Å². The minimum absolute atomic E-state index is 0.00750. The maximum Gasteiger partial charge on any atom is 0.270 e. The number of aryl methyl sites for hydroxylation is 1. The summed E-state index contributed by atoms with van der Waals surface area (Å²) in [6, 6.07) is 6.11. The van der Waals surface area contributed by atoms with Gasteiger partial charge >= 0.3 is 0 Å². The van der Waals surface area contributed by atoms with Gasteiger partial charge in [0.25, 0.3) is 5.91 Å². The molecule has 4 nitrogen and oxygen atoms in total. The fourth-order valence-corrected chi connectivity index (χ4v) is 3.06. The summed E-state index contributed by atoms with van der Waals surface area (Å²) in [5.74, 6) is 0.00750. The molecule has 1 amide bonds. The first-order valence-corrected chi connectivity index (χ1v) is 7.50. The normalized spacial score (nSPS) is 17.1. The van der Waals surface area contributed by atoms with Crippen LogP contribution in [0.5, 0.6) is 0 Å². The second-order valence-corrected chi connectivity index (χ2v) is 5.64. The minimum Gasteiger partial charge on any atom is -0.348 e. The van der Waals surface area contributed by atoms with E-state index in [0.717, 1.165) is 24.2 Å². The van der Waals surface area contributed by atoms with E-state index in [1.165, 1.54) is 25.7 Å². The highest BCUT2D eigenvalue weighted by atomic mass is 16.2. The summed E-state index contributed by atoms with van der Waals surface area (Å²) < 4.78 is 1.88. The first-order valence-electron chi connectivity index (χ1n) is 7.50. The monoisotopic (exact) mass is 271 g/mol. The van der Waals surface area contributed by atoms with Gasteiger partial charge in [-0.1, -0.05) is 31.7 Å². The van der Waals surface area contributed by atoms with E-state index in [9.17, 15) is 4.79 Å². The predicted molar refractivity (Wildman–Crippen MR) is 78.9 cm³/mol. The zero-order valence-corrected chi connectivity index (χ0v) is 11.9. The zero-order valence-electron chi connectivity index (χ0n) is 11.9. The van der Waals surface area contributed by atoms with Crippen LogP contribution in [-0.4, -0.2) is 21.3 Å². The van der Waals surface area contributed by atoms with E-state index in [-0.39, 0.29) is 5.91 Å². The average molecular weight is 271 g/mol. The van der Waals surface area contributed by atoms with Gasteiger partial charge in [-0.15, -0.1) is 0 Å². The highest BCUT2D eigenvalue weighted by molar-refractivity contribution is 5.94. The zero-order chi connectivity index (χ0) is 13.9. The van der Waals surface area contributed by atoms with E-state index in [0.29, 0.717) is 11.7 Å². The Morgan fingerprint density at radius 1 is 1.25 bits per heavy atom. The highest BCUT2D eigenvalue weighted by Gasteiger charge is 2.20. The van der Waals surface area contributed by atoms with Crippen molar-refractivity contribution in [2.75, 3.05) is 0 Å². The molecule has 1 saturated carbocycles. The van der Waals surface area contributed by atoms with Gasteiger partial charge in [0.15, 0.2) is 0 Å². The van der Waals surface area contributed by atoms with Gasteiger partial charge in [0, 0.05) is 12.2 Å². The van der Waals surface area contributed by atoms with E-state index in [1.54, 1.807) is 0 Å². The van der Waals surface area contributed by atoms with Crippen LogP contribution in [0.15, 0.2) is 24.4 Å². The molecule has 1 aliphatic rings. The molecule has 1 aliphatic carbocycles. The van der Waals surface area contributed by atoms with Crippen molar-refractivity contribution in [3.05, 3.63) is 35.8 Å². The number of carbonyl (C=O) groups excluding carboxylic acids is 1. The van der Waals surface area contributed by atoms with Crippen molar-refractivity contribution in [3.8, 4) is 0 Å². The summed E-state index contributed by atoms with van der Waals surface area (Å²) >= 11 is 0. The minimum atomic E-state index is 0.00750. The van der Waals surface area contributed by atoms with Gasteiger partial charge in [0.2, 0.25) is 0 Å². The fourth-order valence-electron chi connectivity index (χ4n) is 3.06. The molecule has 3 rings (SSSR count). The van der Waals surface area contributed by atoms with Crippen LogP contribution in [0.2, 0.25) is 0 Å². The lowest BCUT2D eigenvalue weighted by atomic mass is 10.1.